The van der Waals surface area contributed by atoms with E-state index in [9.17, 15) is 9.59 Å². The molecule has 1 saturated heterocycles. The molecule has 0 unspecified atom stereocenters. The minimum atomic E-state index is -0.122. The number of nitrogen functional groups attached to an aromatic ring is 2. The summed E-state index contributed by atoms with van der Waals surface area (Å²) in [5, 5.41) is 5.16. The number of carbonyl (C=O) groups is 2. The average molecular weight is 912 g/mol. The minimum absolute atomic E-state index is 0.0919. The van der Waals surface area contributed by atoms with Crippen molar-refractivity contribution in [2.24, 2.45) is 0 Å². The zero-order valence-corrected chi connectivity index (χ0v) is 38.7. The van der Waals surface area contributed by atoms with Crippen LogP contribution < -0.4 is 16.8 Å². The van der Waals surface area contributed by atoms with Crippen molar-refractivity contribution in [1.82, 2.24) is 39.7 Å². The molecule has 0 atom stereocenters. The zero-order valence-electron chi connectivity index (χ0n) is 37.1. The Labute approximate surface area is 391 Å². The molecule has 1 aliphatic heterocycles. The van der Waals surface area contributed by atoms with Crippen molar-refractivity contribution in [3.8, 4) is 0 Å². The van der Waals surface area contributed by atoms with Crippen molar-refractivity contribution >= 4 is 80.3 Å². The normalized spacial score (nSPS) is 12.9. The van der Waals surface area contributed by atoms with Crippen molar-refractivity contribution in [2.45, 2.75) is 65.5 Å². The van der Waals surface area contributed by atoms with E-state index in [2.05, 4.69) is 48.0 Å². The van der Waals surface area contributed by atoms with Crippen LogP contribution in [0.1, 0.15) is 82.9 Å². The van der Waals surface area contributed by atoms with Crippen molar-refractivity contribution in [3.05, 3.63) is 156 Å². The lowest BCUT2D eigenvalue weighted by Crippen LogP contribution is -2.50. The minimum Gasteiger partial charge on any atom is -0.399 e. The first kappa shape index (κ1) is 44.1. The third kappa shape index (κ3) is 9.77. The first-order valence-corrected chi connectivity index (χ1v) is 23.5. The Balaban J connectivity index is 0.945. The molecule has 0 aliphatic carbocycles. The van der Waals surface area contributed by atoms with Gasteiger partial charge < -0.3 is 26.6 Å². The van der Waals surface area contributed by atoms with Crippen LogP contribution in [0.15, 0.2) is 141 Å². The number of nitrogens with two attached hydrogens (primary N) is 2. The lowest BCUT2D eigenvalue weighted by molar-refractivity contribution is 0.0535. The number of anilines is 4. The summed E-state index contributed by atoms with van der Waals surface area (Å²) in [6.45, 7) is 9.94. The van der Waals surface area contributed by atoms with Gasteiger partial charge in [0.1, 0.15) is 18.5 Å². The number of piperazine rings is 1. The number of nitrogens with zero attached hydrogens (tertiary/aromatic N) is 8. The van der Waals surface area contributed by atoms with Crippen molar-refractivity contribution < 1.29 is 9.59 Å². The Morgan fingerprint density at radius 3 is 1.67 bits per heavy atom. The van der Waals surface area contributed by atoms with Crippen molar-refractivity contribution in [1.29, 1.82) is 0 Å². The Kier molecular flexibility index (Phi) is 12.8. The standard InChI is InChI=1S/C51H49N11O2S2/c1-30(2)41-17-15-39-43(54-28-55-47(39)58-41)27-34-25-32(5-19-45(34)65-37-11-7-35(52)8-12-37)50(63)61-21-23-62(24-22-61)51(64)33-6-20-46(66-38-13-9-36(53)10-14-38)44(26-33)60-49-40-16-18-42(31(3)4)59-48(40)56-29-57-49/h5-20,25-26,28-31H,21-24,27,52-53H2,1-4H3,(H,56,57,59,60). The first-order valence-electron chi connectivity index (χ1n) is 21.9. The van der Waals surface area contributed by atoms with Gasteiger partial charge in [-0.1, -0.05) is 51.2 Å². The molecule has 2 amide bonds. The predicted molar refractivity (Wildman–Crippen MR) is 264 cm³/mol. The molecule has 0 saturated carbocycles. The van der Waals surface area contributed by atoms with E-state index in [0.29, 0.717) is 77.9 Å². The molecule has 5 N–H and O–H groups in total. The molecule has 1 aliphatic rings. The largest absolute Gasteiger partial charge is 0.399 e. The monoisotopic (exact) mass is 911 g/mol. The SMILES string of the molecule is CC(C)c1ccc2c(Cc3cc(C(=O)N4CCN(C(=O)c5ccc(Sc6ccc(N)cc6)c(Nc6ncnc7nc(C(C)C)ccc67)c5)CC4)ccc3Sc3ccc(N)cc3)ncnc2n1. The highest BCUT2D eigenvalue weighted by molar-refractivity contribution is 7.99. The van der Waals surface area contributed by atoms with Crippen LogP contribution in [0.4, 0.5) is 22.9 Å². The van der Waals surface area contributed by atoms with Crippen LogP contribution in [0.3, 0.4) is 0 Å². The first-order chi connectivity index (χ1) is 31.9. The quantitative estimate of drug-likeness (QED) is 0.0986. The van der Waals surface area contributed by atoms with Crippen LogP contribution >= 0.6 is 23.5 Å². The average Bonchev–Trinajstić information content (AvgIpc) is 3.33. The van der Waals surface area contributed by atoms with E-state index in [1.807, 2.05) is 119 Å². The molecule has 4 aromatic heterocycles. The Morgan fingerprint density at radius 1 is 0.591 bits per heavy atom. The van der Waals surface area contributed by atoms with E-state index >= 15 is 0 Å². The van der Waals surface area contributed by atoms with Gasteiger partial charge in [-0.05, 0) is 127 Å². The molecule has 66 heavy (non-hydrogen) atoms. The molecule has 5 heterocycles. The molecule has 4 aromatic carbocycles. The van der Waals surface area contributed by atoms with Crippen LogP contribution in [0.5, 0.6) is 0 Å². The van der Waals surface area contributed by atoms with Gasteiger partial charge in [0.25, 0.3) is 11.8 Å². The van der Waals surface area contributed by atoms with E-state index in [4.69, 9.17) is 26.4 Å². The third-order valence-corrected chi connectivity index (χ3v) is 13.7. The molecule has 0 bridgehead atoms. The smallest absolute Gasteiger partial charge is 0.254 e. The number of aromatic nitrogens is 6. The molecule has 0 spiro atoms. The fourth-order valence-electron chi connectivity index (χ4n) is 7.76. The fourth-order valence-corrected chi connectivity index (χ4v) is 9.57. The van der Waals surface area contributed by atoms with Gasteiger partial charge in [-0.2, -0.15) is 0 Å². The number of hydrogen-bond donors (Lipinski definition) is 3. The number of amides is 2. The number of rotatable bonds is 12. The molecule has 15 heteroatoms. The summed E-state index contributed by atoms with van der Waals surface area (Å²) in [4.78, 5) is 63.9. The number of fused-ring (bicyclic) bond motifs is 2. The highest BCUT2D eigenvalue weighted by Gasteiger charge is 2.27. The highest BCUT2D eigenvalue weighted by Crippen LogP contribution is 2.38. The van der Waals surface area contributed by atoms with Crippen LogP contribution in [0.2, 0.25) is 0 Å². The van der Waals surface area contributed by atoms with Gasteiger partial charge in [0.05, 0.1) is 16.8 Å². The summed E-state index contributed by atoms with van der Waals surface area (Å²) in [6, 6.07) is 35.0. The molecule has 1 fully saturated rings. The van der Waals surface area contributed by atoms with Crippen molar-refractivity contribution in [3.63, 3.8) is 0 Å². The second-order valence-corrected chi connectivity index (χ2v) is 19.1. The maximum absolute atomic E-state index is 14.3. The maximum atomic E-state index is 14.3. The van der Waals surface area contributed by atoms with Crippen LogP contribution in [-0.2, 0) is 6.42 Å². The summed E-state index contributed by atoms with van der Waals surface area (Å²) >= 11 is 3.17. The summed E-state index contributed by atoms with van der Waals surface area (Å²) in [7, 11) is 0. The number of pyridine rings is 2. The zero-order chi connectivity index (χ0) is 45.9. The van der Waals surface area contributed by atoms with Gasteiger partial charge >= 0.3 is 0 Å². The number of benzene rings is 4. The molecule has 9 rings (SSSR count). The van der Waals surface area contributed by atoms with Gasteiger partial charge in [-0.25, -0.2) is 29.9 Å². The van der Waals surface area contributed by atoms with Gasteiger partial charge in [-0.3, -0.25) is 9.59 Å². The Morgan fingerprint density at radius 2 is 1.09 bits per heavy atom. The van der Waals surface area contributed by atoms with E-state index in [-0.39, 0.29) is 23.7 Å². The van der Waals surface area contributed by atoms with Crippen molar-refractivity contribution in [2.75, 3.05) is 43.0 Å². The number of nitrogens with one attached hydrogen (secondary N) is 1. The summed E-state index contributed by atoms with van der Waals surface area (Å²) in [6.07, 6.45) is 3.53. The topological polar surface area (TPSA) is 182 Å². The molecular formula is C51H49N11O2S2. The van der Waals surface area contributed by atoms with Gasteiger partial charge in [0.2, 0.25) is 0 Å². The second kappa shape index (κ2) is 19.2. The molecule has 0 radical (unpaired) electrons. The highest BCUT2D eigenvalue weighted by atomic mass is 32.2. The van der Waals surface area contributed by atoms with Gasteiger partial charge in [0.15, 0.2) is 11.3 Å². The lowest BCUT2D eigenvalue weighted by atomic mass is 10.0. The molecule has 8 aromatic rings. The predicted octanol–water partition coefficient (Wildman–Crippen LogP) is 10.0. The van der Waals surface area contributed by atoms with Crippen LogP contribution in [0, 0.1) is 0 Å². The molecule has 332 valence electrons. The third-order valence-electron chi connectivity index (χ3n) is 11.5. The fraction of sp³-hybridized carbons (Fsp3) is 0.216. The van der Waals surface area contributed by atoms with E-state index in [1.54, 1.807) is 29.9 Å². The lowest BCUT2D eigenvalue weighted by Gasteiger charge is -2.35. The molecule has 13 nitrogen and oxygen atoms in total. The van der Waals surface area contributed by atoms with E-state index in [1.165, 1.54) is 6.33 Å². The Hall–Kier alpha value is -7.10. The van der Waals surface area contributed by atoms with E-state index in [0.717, 1.165) is 53.0 Å². The summed E-state index contributed by atoms with van der Waals surface area (Å²) < 4.78 is 0. The molecular weight excluding hydrogens is 863 g/mol. The van der Waals surface area contributed by atoms with Crippen LogP contribution in [0.25, 0.3) is 22.1 Å². The van der Waals surface area contributed by atoms with Crippen LogP contribution in [-0.4, -0.2) is 77.7 Å². The Bertz CT molecular complexity index is 2880. The maximum Gasteiger partial charge on any atom is 0.254 e. The van der Waals surface area contributed by atoms with Gasteiger partial charge in [-0.15, -0.1) is 0 Å². The second-order valence-electron chi connectivity index (χ2n) is 16.8. The summed E-state index contributed by atoms with van der Waals surface area (Å²) in [5.74, 6) is 0.880. The van der Waals surface area contributed by atoms with Gasteiger partial charge in [0, 0.05) is 91.5 Å². The number of hydrogen-bond acceptors (Lipinski definition) is 13. The number of carbonyl (C=O) groups excluding carboxylic acids is 2. The summed E-state index contributed by atoms with van der Waals surface area (Å²) in [5.41, 5.74) is 20.1. The van der Waals surface area contributed by atoms with E-state index < -0.39 is 0 Å².